The van der Waals surface area contributed by atoms with Crippen LogP contribution < -0.4 is 21.7 Å². The minimum atomic E-state index is -1.24. The number of carboxylic acid groups (broad SMARTS) is 2. The predicted molar refractivity (Wildman–Crippen MR) is 121 cm³/mol. The molecule has 11 nitrogen and oxygen atoms in total. The van der Waals surface area contributed by atoms with Crippen molar-refractivity contribution < 1.29 is 34.2 Å². The van der Waals surface area contributed by atoms with E-state index in [2.05, 4.69) is 28.6 Å². The molecule has 184 valence electrons. The second-order valence-electron chi connectivity index (χ2n) is 8.50. The van der Waals surface area contributed by atoms with Crippen LogP contribution >= 0.6 is 12.6 Å². The number of carbonyl (C=O) groups is 5. The smallest absolute Gasteiger partial charge is 0.326 e. The summed E-state index contributed by atoms with van der Waals surface area (Å²) in [4.78, 5) is 60.1. The van der Waals surface area contributed by atoms with Crippen LogP contribution in [0.2, 0.25) is 0 Å². The van der Waals surface area contributed by atoms with Gasteiger partial charge in [0.05, 0.1) is 6.04 Å². The molecular weight excluding hydrogens is 440 g/mol. The van der Waals surface area contributed by atoms with E-state index < -0.39 is 60.2 Å². The largest absolute Gasteiger partial charge is 0.481 e. The lowest BCUT2D eigenvalue weighted by molar-refractivity contribution is -0.143. The van der Waals surface area contributed by atoms with Gasteiger partial charge in [-0.05, 0) is 31.1 Å². The Hall–Kier alpha value is -2.34. The second kappa shape index (κ2) is 14.7. The van der Waals surface area contributed by atoms with Crippen molar-refractivity contribution in [2.75, 3.05) is 5.75 Å². The summed E-state index contributed by atoms with van der Waals surface area (Å²) in [7, 11) is 0. The first-order chi connectivity index (χ1) is 14.8. The fourth-order valence-corrected chi connectivity index (χ4v) is 3.00. The Morgan fingerprint density at radius 1 is 0.781 bits per heavy atom. The predicted octanol–water partition coefficient (Wildman–Crippen LogP) is -0.260. The molecule has 12 heteroatoms. The molecule has 32 heavy (non-hydrogen) atoms. The van der Waals surface area contributed by atoms with E-state index >= 15 is 0 Å². The highest BCUT2D eigenvalue weighted by Crippen LogP contribution is 2.10. The summed E-state index contributed by atoms with van der Waals surface area (Å²) < 4.78 is 0. The highest BCUT2D eigenvalue weighted by Gasteiger charge is 2.31. The minimum absolute atomic E-state index is 0.0150. The van der Waals surface area contributed by atoms with Crippen molar-refractivity contribution in [2.45, 2.75) is 77.5 Å². The number of carbonyl (C=O) groups excluding carboxylic acids is 3. The molecule has 4 unspecified atom stereocenters. The molecule has 0 aromatic rings. The van der Waals surface area contributed by atoms with Crippen LogP contribution in [0, 0.1) is 11.8 Å². The Morgan fingerprint density at radius 3 is 1.66 bits per heavy atom. The first kappa shape index (κ1) is 29.7. The number of thiol groups is 1. The van der Waals surface area contributed by atoms with Crippen LogP contribution in [-0.4, -0.2) is 69.8 Å². The number of aliphatic carboxylic acids is 2. The minimum Gasteiger partial charge on any atom is -0.481 e. The van der Waals surface area contributed by atoms with E-state index in [1.807, 2.05) is 27.7 Å². The highest BCUT2D eigenvalue weighted by molar-refractivity contribution is 7.80. The lowest BCUT2D eigenvalue weighted by Gasteiger charge is -2.26. The number of rotatable bonds is 15. The summed E-state index contributed by atoms with van der Waals surface area (Å²) in [6.07, 6.45) is -0.192. The molecule has 0 aromatic carbocycles. The molecule has 4 atom stereocenters. The van der Waals surface area contributed by atoms with Gasteiger partial charge in [0.2, 0.25) is 17.7 Å². The van der Waals surface area contributed by atoms with E-state index in [9.17, 15) is 29.1 Å². The van der Waals surface area contributed by atoms with E-state index in [1.165, 1.54) is 0 Å². The summed E-state index contributed by atoms with van der Waals surface area (Å²) in [5.74, 6) is -4.45. The lowest BCUT2D eigenvalue weighted by Crippen LogP contribution is -2.57. The highest BCUT2D eigenvalue weighted by atomic mass is 32.1. The maximum Gasteiger partial charge on any atom is 0.326 e. The Balaban J connectivity index is 5.51. The molecule has 0 rings (SSSR count). The van der Waals surface area contributed by atoms with Gasteiger partial charge in [0.1, 0.15) is 18.1 Å². The SMILES string of the molecule is CC(C)CC(NC(=O)C(CC(C)C)NC(=O)C(CCC(=O)O)NC(=O)C(N)CS)C(=O)O. The lowest BCUT2D eigenvalue weighted by atomic mass is 10.00. The van der Waals surface area contributed by atoms with Crippen molar-refractivity contribution in [3.63, 3.8) is 0 Å². The van der Waals surface area contributed by atoms with E-state index in [1.54, 1.807) is 0 Å². The van der Waals surface area contributed by atoms with Crippen LogP contribution in [0.1, 0.15) is 53.4 Å². The van der Waals surface area contributed by atoms with Gasteiger partial charge >= 0.3 is 11.9 Å². The number of amides is 3. The standard InChI is InChI=1S/C20H36N4O7S/c1-10(2)7-14(19(29)24-15(20(30)31)8-11(3)4)23-18(28)13(5-6-16(25)26)22-17(27)12(21)9-32/h10-15,32H,5-9,21H2,1-4H3,(H,22,27)(H,23,28)(H,24,29)(H,25,26)(H,30,31). The zero-order valence-corrected chi connectivity index (χ0v) is 19.9. The summed E-state index contributed by atoms with van der Waals surface area (Å²) in [6.45, 7) is 7.29. The summed E-state index contributed by atoms with van der Waals surface area (Å²) in [5, 5.41) is 25.7. The topological polar surface area (TPSA) is 188 Å². The third-order valence-corrected chi connectivity index (χ3v) is 4.87. The molecule has 0 saturated carbocycles. The van der Waals surface area contributed by atoms with Crippen LogP contribution in [0.5, 0.6) is 0 Å². The molecule has 0 aliphatic rings. The number of nitrogens with one attached hydrogen (secondary N) is 3. The van der Waals surface area contributed by atoms with E-state index in [0.717, 1.165) is 0 Å². The fourth-order valence-electron chi connectivity index (χ4n) is 2.84. The Morgan fingerprint density at radius 2 is 1.22 bits per heavy atom. The van der Waals surface area contributed by atoms with Gasteiger partial charge < -0.3 is 31.9 Å². The van der Waals surface area contributed by atoms with Crippen LogP contribution in [0.4, 0.5) is 0 Å². The van der Waals surface area contributed by atoms with Gasteiger partial charge in [-0.15, -0.1) is 0 Å². The molecule has 0 aliphatic heterocycles. The van der Waals surface area contributed by atoms with E-state index in [0.29, 0.717) is 0 Å². The van der Waals surface area contributed by atoms with Crippen molar-refractivity contribution in [1.29, 1.82) is 0 Å². The molecule has 0 heterocycles. The Labute approximate surface area is 193 Å². The maximum absolute atomic E-state index is 12.8. The van der Waals surface area contributed by atoms with Crippen molar-refractivity contribution >= 4 is 42.3 Å². The van der Waals surface area contributed by atoms with Crippen molar-refractivity contribution in [2.24, 2.45) is 17.6 Å². The molecule has 3 amide bonds. The van der Waals surface area contributed by atoms with Crippen LogP contribution in [-0.2, 0) is 24.0 Å². The van der Waals surface area contributed by atoms with Crippen molar-refractivity contribution in [1.82, 2.24) is 16.0 Å². The molecular formula is C20H36N4O7S. The van der Waals surface area contributed by atoms with Gasteiger partial charge in [-0.25, -0.2) is 4.79 Å². The maximum atomic E-state index is 12.8. The first-order valence-corrected chi connectivity index (χ1v) is 11.1. The van der Waals surface area contributed by atoms with Gasteiger partial charge in [-0.3, -0.25) is 19.2 Å². The third-order valence-electron chi connectivity index (χ3n) is 4.48. The van der Waals surface area contributed by atoms with Gasteiger partial charge in [-0.1, -0.05) is 27.7 Å². The number of carboxylic acids is 2. The van der Waals surface area contributed by atoms with Crippen LogP contribution in [0.15, 0.2) is 0 Å². The van der Waals surface area contributed by atoms with Crippen molar-refractivity contribution in [3.05, 3.63) is 0 Å². The van der Waals surface area contributed by atoms with Gasteiger partial charge in [-0.2, -0.15) is 12.6 Å². The second-order valence-corrected chi connectivity index (χ2v) is 8.87. The molecule has 0 aromatic heterocycles. The van der Waals surface area contributed by atoms with E-state index in [4.69, 9.17) is 10.8 Å². The zero-order chi connectivity index (χ0) is 25.0. The van der Waals surface area contributed by atoms with Crippen LogP contribution in [0.25, 0.3) is 0 Å². The Bertz CT molecular complexity index is 672. The fraction of sp³-hybridized carbons (Fsp3) is 0.750. The molecule has 0 aliphatic carbocycles. The van der Waals surface area contributed by atoms with Crippen LogP contribution in [0.3, 0.4) is 0 Å². The molecule has 0 saturated heterocycles. The quantitative estimate of drug-likeness (QED) is 0.157. The molecule has 7 N–H and O–H groups in total. The Kier molecular flexibility index (Phi) is 13.6. The third kappa shape index (κ3) is 11.9. The summed E-state index contributed by atoms with van der Waals surface area (Å²) >= 11 is 3.92. The zero-order valence-electron chi connectivity index (χ0n) is 19.0. The number of hydrogen-bond acceptors (Lipinski definition) is 7. The first-order valence-electron chi connectivity index (χ1n) is 10.5. The summed E-state index contributed by atoms with van der Waals surface area (Å²) in [5.41, 5.74) is 5.60. The number of hydrogen-bond donors (Lipinski definition) is 7. The van der Waals surface area contributed by atoms with E-state index in [-0.39, 0.29) is 36.9 Å². The molecule has 0 spiro atoms. The van der Waals surface area contributed by atoms with Gasteiger partial charge in [0.15, 0.2) is 0 Å². The monoisotopic (exact) mass is 476 g/mol. The molecule has 0 radical (unpaired) electrons. The van der Waals surface area contributed by atoms with Gasteiger partial charge in [0, 0.05) is 12.2 Å². The average Bonchev–Trinajstić information content (AvgIpc) is 2.67. The van der Waals surface area contributed by atoms with Crippen molar-refractivity contribution in [3.8, 4) is 0 Å². The molecule has 0 fully saturated rings. The normalized spacial score (nSPS) is 14.9. The number of nitrogens with two attached hydrogens (primary N) is 1. The average molecular weight is 477 g/mol. The molecule has 0 bridgehead atoms. The van der Waals surface area contributed by atoms with Gasteiger partial charge in [0.25, 0.3) is 0 Å². The summed E-state index contributed by atoms with van der Waals surface area (Å²) in [6, 6.07) is -4.43.